The number of benzene rings is 1. The molecule has 2 atom stereocenters. The average Bonchev–Trinajstić information content (AvgIpc) is 2.53. The summed E-state index contributed by atoms with van der Waals surface area (Å²) in [5.74, 6) is -2.88. The molecular formula is C12H12O4. The van der Waals surface area contributed by atoms with Crippen molar-refractivity contribution in [2.75, 3.05) is 0 Å². The van der Waals surface area contributed by atoms with E-state index in [0.29, 0.717) is 6.42 Å². The van der Waals surface area contributed by atoms with E-state index in [9.17, 15) is 9.59 Å². The highest BCUT2D eigenvalue weighted by Gasteiger charge is 2.38. The Morgan fingerprint density at radius 1 is 1.25 bits per heavy atom. The summed E-state index contributed by atoms with van der Waals surface area (Å²) in [5, 5.41) is 17.9. The molecule has 0 saturated carbocycles. The number of hydrogen-bond acceptors (Lipinski definition) is 2. The van der Waals surface area contributed by atoms with Gasteiger partial charge in [-0.05, 0) is 23.5 Å². The van der Waals surface area contributed by atoms with E-state index in [1.54, 1.807) is 12.1 Å². The molecule has 0 radical (unpaired) electrons. The highest BCUT2D eigenvalue weighted by Crippen LogP contribution is 2.39. The molecule has 0 spiro atoms. The summed E-state index contributed by atoms with van der Waals surface area (Å²) in [4.78, 5) is 21.8. The first-order valence-corrected chi connectivity index (χ1v) is 5.12. The molecular weight excluding hydrogens is 208 g/mol. The van der Waals surface area contributed by atoms with Gasteiger partial charge in [0.25, 0.3) is 0 Å². The van der Waals surface area contributed by atoms with Crippen molar-refractivity contribution in [3.05, 3.63) is 35.4 Å². The van der Waals surface area contributed by atoms with Crippen LogP contribution in [0.4, 0.5) is 0 Å². The minimum Gasteiger partial charge on any atom is -0.481 e. The fraction of sp³-hybridized carbons (Fsp3) is 0.333. The smallest absolute Gasteiger partial charge is 0.311 e. The van der Waals surface area contributed by atoms with Crippen LogP contribution in [0.3, 0.4) is 0 Å². The number of carboxylic acids is 2. The van der Waals surface area contributed by atoms with Crippen LogP contribution in [0.15, 0.2) is 24.3 Å². The molecule has 0 heterocycles. The standard InChI is InChI=1S/C12H12O4/c13-10(14)6-8-5-7-3-1-2-4-9(7)11(8)12(15)16/h1-4,8,11H,5-6H2,(H,13,14)(H,15,16)/t8-,11-/m0/s1. The maximum atomic E-state index is 11.2. The van der Waals surface area contributed by atoms with E-state index in [1.807, 2.05) is 12.1 Å². The lowest BCUT2D eigenvalue weighted by Crippen LogP contribution is -2.20. The van der Waals surface area contributed by atoms with Crippen molar-refractivity contribution in [2.24, 2.45) is 5.92 Å². The molecule has 0 unspecified atom stereocenters. The normalized spacial score (nSPS) is 22.8. The van der Waals surface area contributed by atoms with Gasteiger partial charge in [0, 0.05) is 6.42 Å². The summed E-state index contributed by atoms with van der Waals surface area (Å²) in [6.07, 6.45) is 0.449. The Morgan fingerprint density at radius 2 is 1.94 bits per heavy atom. The lowest BCUT2D eigenvalue weighted by molar-refractivity contribution is -0.141. The fourth-order valence-electron chi connectivity index (χ4n) is 2.43. The van der Waals surface area contributed by atoms with Gasteiger partial charge in [-0.3, -0.25) is 9.59 Å². The van der Waals surface area contributed by atoms with Gasteiger partial charge in [0.1, 0.15) is 0 Å². The molecule has 0 aromatic heterocycles. The summed E-state index contributed by atoms with van der Waals surface area (Å²) < 4.78 is 0. The number of hydrogen-bond donors (Lipinski definition) is 2. The SMILES string of the molecule is O=C(O)C[C@@H]1Cc2ccccc2[C@H]1C(=O)O. The third-order valence-corrected chi connectivity index (χ3v) is 3.05. The maximum absolute atomic E-state index is 11.2. The molecule has 1 aromatic carbocycles. The Hall–Kier alpha value is -1.84. The van der Waals surface area contributed by atoms with E-state index in [2.05, 4.69) is 0 Å². The van der Waals surface area contributed by atoms with Crippen LogP contribution in [-0.4, -0.2) is 22.2 Å². The van der Waals surface area contributed by atoms with E-state index in [1.165, 1.54) is 0 Å². The van der Waals surface area contributed by atoms with Crippen LogP contribution >= 0.6 is 0 Å². The first-order valence-electron chi connectivity index (χ1n) is 5.12. The highest BCUT2D eigenvalue weighted by molar-refractivity contribution is 5.80. The molecule has 0 bridgehead atoms. The molecule has 2 N–H and O–H groups in total. The molecule has 1 aliphatic rings. The summed E-state index contributed by atoms with van der Waals surface area (Å²) in [5.41, 5.74) is 1.72. The molecule has 1 aliphatic carbocycles. The van der Waals surface area contributed by atoms with Crippen LogP contribution in [0.1, 0.15) is 23.5 Å². The first kappa shape index (κ1) is 10.7. The van der Waals surface area contributed by atoms with Gasteiger partial charge in [-0.15, -0.1) is 0 Å². The predicted molar refractivity (Wildman–Crippen MR) is 56.3 cm³/mol. The second-order valence-electron chi connectivity index (χ2n) is 4.08. The van der Waals surface area contributed by atoms with Crippen LogP contribution in [0, 0.1) is 5.92 Å². The van der Waals surface area contributed by atoms with Gasteiger partial charge in [0.15, 0.2) is 0 Å². The van der Waals surface area contributed by atoms with E-state index in [4.69, 9.17) is 10.2 Å². The van der Waals surface area contributed by atoms with Crippen LogP contribution < -0.4 is 0 Å². The Bertz CT molecular complexity index is 438. The van der Waals surface area contributed by atoms with Crippen LogP contribution in [-0.2, 0) is 16.0 Å². The second kappa shape index (κ2) is 3.96. The lowest BCUT2D eigenvalue weighted by atomic mass is 9.90. The van der Waals surface area contributed by atoms with Gasteiger partial charge in [0.2, 0.25) is 0 Å². The van der Waals surface area contributed by atoms with Crippen molar-refractivity contribution in [1.29, 1.82) is 0 Å². The molecule has 1 aromatic rings. The van der Waals surface area contributed by atoms with Gasteiger partial charge < -0.3 is 10.2 Å². The van der Waals surface area contributed by atoms with Crippen molar-refractivity contribution in [1.82, 2.24) is 0 Å². The third kappa shape index (κ3) is 1.78. The zero-order chi connectivity index (χ0) is 11.7. The highest BCUT2D eigenvalue weighted by atomic mass is 16.4. The van der Waals surface area contributed by atoms with Gasteiger partial charge in [0.05, 0.1) is 5.92 Å². The summed E-state index contributed by atoms with van der Waals surface area (Å²) in [6.45, 7) is 0. The first-order chi connectivity index (χ1) is 7.59. The van der Waals surface area contributed by atoms with Gasteiger partial charge in [-0.1, -0.05) is 24.3 Å². The lowest BCUT2D eigenvalue weighted by Gasteiger charge is -2.13. The molecule has 0 fully saturated rings. The number of aliphatic carboxylic acids is 2. The summed E-state index contributed by atoms with van der Waals surface area (Å²) in [7, 11) is 0. The van der Waals surface area contributed by atoms with Crippen LogP contribution in [0.25, 0.3) is 0 Å². The van der Waals surface area contributed by atoms with E-state index in [0.717, 1.165) is 11.1 Å². The summed E-state index contributed by atoms with van der Waals surface area (Å²) >= 11 is 0. The van der Waals surface area contributed by atoms with Gasteiger partial charge in [-0.25, -0.2) is 0 Å². The van der Waals surface area contributed by atoms with E-state index in [-0.39, 0.29) is 12.3 Å². The van der Waals surface area contributed by atoms with Crippen molar-refractivity contribution in [2.45, 2.75) is 18.8 Å². The minimum absolute atomic E-state index is 0.0916. The Kier molecular flexibility index (Phi) is 2.64. The Morgan fingerprint density at radius 3 is 2.56 bits per heavy atom. The molecule has 4 nitrogen and oxygen atoms in total. The number of rotatable bonds is 3. The van der Waals surface area contributed by atoms with E-state index >= 15 is 0 Å². The van der Waals surface area contributed by atoms with Gasteiger partial charge >= 0.3 is 11.9 Å². The van der Waals surface area contributed by atoms with Crippen molar-refractivity contribution >= 4 is 11.9 Å². The number of carboxylic acid groups (broad SMARTS) is 2. The van der Waals surface area contributed by atoms with Crippen LogP contribution in [0.5, 0.6) is 0 Å². The van der Waals surface area contributed by atoms with Crippen molar-refractivity contribution in [3.8, 4) is 0 Å². The zero-order valence-corrected chi connectivity index (χ0v) is 8.59. The molecule has 2 rings (SSSR count). The van der Waals surface area contributed by atoms with Crippen molar-refractivity contribution < 1.29 is 19.8 Å². The molecule has 0 amide bonds. The van der Waals surface area contributed by atoms with Gasteiger partial charge in [-0.2, -0.15) is 0 Å². The van der Waals surface area contributed by atoms with Crippen LogP contribution in [0.2, 0.25) is 0 Å². The molecule has 16 heavy (non-hydrogen) atoms. The minimum atomic E-state index is -0.941. The third-order valence-electron chi connectivity index (χ3n) is 3.05. The average molecular weight is 220 g/mol. The van der Waals surface area contributed by atoms with Crippen molar-refractivity contribution in [3.63, 3.8) is 0 Å². The number of carbonyl (C=O) groups is 2. The number of fused-ring (bicyclic) bond motifs is 1. The predicted octanol–water partition coefficient (Wildman–Crippen LogP) is 1.50. The molecule has 4 heteroatoms. The molecule has 0 saturated heterocycles. The fourth-order valence-corrected chi connectivity index (χ4v) is 2.43. The topological polar surface area (TPSA) is 74.6 Å². The quantitative estimate of drug-likeness (QED) is 0.809. The Balaban J connectivity index is 2.33. The van der Waals surface area contributed by atoms with E-state index < -0.39 is 17.9 Å². The zero-order valence-electron chi connectivity index (χ0n) is 8.59. The second-order valence-corrected chi connectivity index (χ2v) is 4.08. The maximum Gasteiger partial charge on any atom is 0.311 e. The molecule has 0 aliphatic heterocycles. The summed E-state index contributed by atoms with van der Waals surface area (Å²) in [6, 6.07) is 7.28. The largest absolute Gasteiger partial charge is 0.481 e. The Labute approximate surface area is 92.5 Å². The monoisotopic (exact) mass is 220 g/mol. The molecule has 84 valence electrons.